The molecule has 102 valence electrons. The molecule has 1 rings (SSSR count). The lowest BCUT2D eigenvalue weighted by Crippen LogP contribution is -2.37. The van der Waals surface area contributed by atoms with E-state index in [9.17, 15) is 4.39 Å². The van der Waals surface area contributed by atoms with Crippen LogP contribution >= 0.6 is 15.9 Å². The van der Waals surface area contributed by atoms with Crippen LogP contribution < -0.4 is 5.32 Å². The zero-order chi connectivity index (χ0) is 13.5. The molecule has 0 radical (unpaired) electrons. The van der Waals surface area contributed by atoms with Gasteiger partial charge in [0.1, 0.15) is 5.82 Å². The normalized spacial score (nSPS) is 13.0. The summed E-state index contributed by atoms with van der Waals surface area (Å²) in [4.78, 5) is 0. The summed E-state index contributed by atoms with van der Waals surface area (Å²) in [6.45, 7) is 8.35. The van der Waals surface area contributed by atoms with Gasteiger partial charge in [-0.05, 0) is 46.5 Å². The second kappa shape index (κ2) is 7.87. The molecule has 0 aliphatic rings. The zero-order valence-corrected chi connectivity index (χ0v) is 12.8. The molecule has 1 N–H and O–H groups in total. The Kier molecular flexibility index (Phi) is 6.82. The van der Waals surface area contributed by atoms with Crippen molar-refractivity contribution in [1.82, 2.24) is 5.32 Å². The third-order valence-corrected chi connectivity index (χ3v) is 3.50. The van der Waals surface area contributed by atoms with E-state index in [4.69, 9.17) is 4.74 Å². The van der Waals surface area contributed by atoms with Gasteiger partial charge in [0, 0.05) is 19.2 Å². The minimum absolute atomic E-state index is 0.222. The van der Waals surface area contributed by atoms with Gasteiger partial charge in [-0.2, -0.15) is 0 Å². The summed E-state index contributed by atoms with van der Waals surface area (Å²) in [5.74, 6) is 0.261. The maximum Gasteiger partial charge on any atom is 0.137 e. The Hall–Kier alpha value is -0.450. The van der Waals surface area contributed by atoms with Gasteiger partial charge in [-0.25, -0.2) is 4.39 Å². The van der Waals surface area contributed by atoms with Crippen molar-refractivity contribution in [3.05, 3.63) is 34.1 Å². The summed E-state index contributed by atoms with van der Waals surface area (Å²) in [7, 11) is 0. The highest BCUT2D eigenvalue weighted by Crippen LogP contribution is 2.16. The quantitative estimate of drug-likeness (QED) is 0.827. The second-order valence-electron chi connectivity index (χ2n) is 4.64. The fourth-order valence-corrected chi connectivity index (χ4v) is 1.88. The zero-order valence-electron chi connectivity index (χ0n) is 11.2. The van der Waals surface area contributed by atoms with Crippen LogP contribution in [0.4, 0.5) is 4.39 Å². The van der Waals surface area contributed by atoms with E-state index in [-0.39, 0.29) is 11.9 Å². The summed E-state index contributed by atoms with van der Waals surface area (Å²) in [5.41, 5.74) is 0.942. The molecule has 18 heavy (non-hydrogen) atoms. The molecule has 0 aliphatic carbocycles. The average Bonchev–Trinajstić information content (AvgIpc) is 2.33. The highest BCUT2D eigenvalue weighted by molar-refractivity contribution is 9.10. The first-order valence-electron chi connectivity index (χ1n) is 6.29. The first-order valence-corrected chi connectivity index (χ1v) is 7.09. The summed E-state index contributed by atoms with van der Waals surface area (Å²) in [6, 6.07) is 5.49. The fraction of sp³-hybridized carbons (Fsp3) is 0.571. The number of hydrogen-bond acceptors (Lipinski definition) is 2. The molecule has 0 saturated heterocycles. The van der Waals surface area contributed by atoms with Gasteiger partial charge >= 0.3 is 0 Å². The van der Waals surface area contributed by atoms with E-state index in [2.05, 4.69) is 35.1 Å². The van der Waals surface area contributed by atoms with Gasteiger partial charge in [-0.15, -0.1) is 0 Å². The van der Waals surface area contributed by atoms with Crippen molar-refractivity contribution in [1.29, 1.82) is 0 Å². The molecule has 0 saturated carbocycles. The molecule has 1 unspecified atom stereocenters. The second-order valence-corrected chi connectivity index (χ2v) is 5.49. The summed E-state index contributed by atoms with van der Waals surface area (Å²) >= 11 is 3.15. The van der Waals surface area contributed by atoms with Crippen molar-refractivity contribution in [3.63, 3.8) is 0 Å². The highest BCUT2D eigenvalue weighted by atomic mass is 79.9. The van der Waals surface area contributed by atoms with Crippen LogP contribution in [-0.4, -0.2) is 19.3 Å². The molecule has 4 heteroatoms. The van der Waals surface area contributed by atoms with Crippen molar-refractivity contribution in [2.75, 3.05) is 13.2 Å². The Bertz CT molecular complexity index is 371. The first-order chi connectivity index (χ1) is 8.54. The molecule has 0 bridgehead atoms. The Balaban J connectivity index is 2.52. The third-order valence-electron chi connectivity index (χ3n) is 2.86. The van der Waals surface area contributed by atoms with Crippen LogP contribution in [0.1, 0.15) is 26.3 Å². The van der Waals surface area contributed by atoms with Gasteiger partial charge in [-0.3, -0.25) is 0 Å². The van der Waals surface area contributed by atoms with E-state index in [1.54, 1.807) is 12.1 Å². The molecule has 0 aromatic heterocycles. The lowest BCUT2D eigenvalue weighted by atomic mass is 10.0. The largest absolute Gasteiger partial charge is 0.380 e. The van der Waals surface area contributed by atoms with Crippen LogP contribution in [0.15, 0.2) is 22.7 Å². The Morgan fingerprint density at radius 1 is 1.39 bits per heavy atom. The molecule has 0 fully saturated rings. The summed E-state index contributed by atoms with van der Waals surface area (Å²) in [6.07, 6.45) is 0. The molecule has 1 aromatic rings. The molecular weight excluding hydrogens is 297 g/mol. The van der Waals surface area contributed by atoms with Crippen molar-refractivity contribution in [3.8, 4) is 0 Å². The highest BCUT2D eigenvalue weighted by Gasteiger charge is 2.12. The number of halogens is 2. The maximum absolute atomic E-state index is 13.4. The Morgan fingerprint density at radius 2 is 2.11 bits per heavy atom. The van der Waals surface area contributed by atoms with Crippen molar-refractivity contribution in [2.24, 2.45) is 5.92 Å². The molecule has 1 aromatic carbocycles. The van der Waals surface area contributed by atoms with E-state index in [0.29, 0.717) is 23.5 Å². The lowest BCUT2D eigenvalue weighted by molar-refractivity contribution is 0.108. The van der Waals surface area contributed by atoms with E-state index < -0.39 is 0 Å². The molecule has 2 nitrogen and oxygen atoms in total. The van der Waals surface area contributed by atoms with Crippen LogP contribution in [0.2, 0.25) is 0 Å². The minimum Gasteiger partial charge on any atom is -0.380 e. The topological polar surface area (TPSA) is 21.3 Å². The van der Waals surface area contributed by atoms with Gasteiger partial charge in [-0.1, -0.05) is 19.9 Å². The molecular formula is C14H21BrFNO. The van der Waals surface area contributed by atoms with Crippen LogP contribution in [0.25, 0.3) is 0 Å². The molecule has 0 aliphatic heterocycles. The van der Waals surface area contributed by atoms with Crippen molar-refractivity contribution < 1.29 is 9.13 Å². The van der Waals surface area contributed by atoms with E-state index in [1.165, 1.54) is 0 Å². The van der Waals surface area contributed by atoms with Gasteiger partial charge in [0.25, 0.3) is 0 Å². The van der Waals surface area contributed by atoms with Gasteiger partial charge < -0.3 is 10.1 Å². The SMILES string of the molecule is CCOCC(NCc1ccc(Br)c(F)c1)C(C)C. The van der Waals surface area contributed by atoms with Crippen LogP contribution in [0.5, 0.6) is 0 Å². The standard InChI is InChI=1S/C14H21BrFNO/c1-4-18-9-14(10(2)3)17-8-11-5-6-12(15)13(16)7-11/h5-7,10,14,17H,4,8-9H2,1-3H3. The van der Waals surface area contributed by atoms with Crippen LogP contribution in [0.3, 0.4) is 0 Å². The summed E-state index contributed by atoms with van der Waals surface area (Å²) < 4.78 is 19.3. The molecule has 0 amide bonds. The van der Waals surface area contributed by atoms with E-state index in [0.717, 1.165) is 12.2 Å². The van der Waals surface area contributed by atoms with E-state index in [1.807, 2.05) is 13.0 Å². The summed E-state index contributed by atoms with van der Waals surface area (Å²) in [5, 5.41) is 3.41. The minimum atomic E-state index is -0.222. The predicted molar refractivity (Wildman–Crippen MR) is 76.1 cm³/mol. The van der Waals surface area contributed by atoms with Crippen LogP contribution in [0, 0.1) is 11.7 Å². The molecule has 0 spiro atoms. The Labute approximate surface area is 117 Å². The average molecular weight is 318 g/mol. The number of ether oxygens (including phenoxy) is 1. The monoisotopic (exact) mass is 317 g/mol. The van der Waals surface area contributed by atoms with Gasteiger partial charge in [0.05, 0.1) is 11.1 Å². The number of nitrogens with one attached hydrogen (secondary N) is 1. The molecule has 1 atom stereocenters. The predicted octanol–water partition coefficient (Wildman–Crippen LogP) is 3.74. The number of hydrogen-bond donors (Lipinski definition) is 1. The third kappa shape index (κ3) is 5.04. The number of benzene rings is 1. The van der Waals surface area contributed by atoms with Gasteiger partial charge in [0.2, 0.25) is 0 Å². The van der Waals surface area contributed by atoms with Gasteiger partial charge in [0.15, 0.2) is 0 Å². The maximum atomic E-state index is 13.4. The van der Waals surface area contributed by atoms with E-state index >= 15 is 0 Å². The fourth-order valence-electron chi connectivity index (χ4n) is 1.63. The Morgan fingerprint density at radius 3 is 2.67 bits per heavy atom. The smallest absolute Gasteiger partial charge is 0.137 e. The molecule has 0 heterocycles. The van der Waals surface area contributed by atoms with Crippen molar-refractivity contribution >= 4 is 15.9 Å². The lowest BCUT2D eigenvalue weighted by Gasteiger charge is -2.22. The van der Waals surface area contributed by atoms with Crippen molar-refractivity contribution in [2.45, 2.75) is 33.4 Å². The first kappa shape index (κ1) is 15.6. The van der Waals surface area contributed by atoms with Crippen LogP contribution in [-0.2, 0) is 11.3 Å². The number of rotatable bonds is 7.